The molecule has 19 heavy (non-hydrogen) atoms. The van der Waals surface area contributed by atoms with Crippen molar-refractivity contribution >= 4 is 27.4 Å². The van der Waals surface area contributed by atoms with E-state index in [0.29, 0.717) is 11.4 Å². The number of aromatic nitrogens is 2. The fraction of sp³-hybridized carbons (Fsp3) is 0.286. The number of nitrogen functional groups attached to an aromatic ring is 1. The topological polar surface area (TPSA) is 60.9 Å². The summed E-state index contributed by atoms with van der Waals surface area (Å²) >= 11 is 3.40. The molecule has 1 heterocycles. The number of benzene rings is 1. The van der Waals surface area contributed by atoms with Crippen molar-refractivity contribution in [2.45, 2.75) is 18.3 Å². The van der Waals surface area contributed by atoms with Crippen LogP contribution in [0.2, 0.25) is 0 Å². The second-order valence-corrected chi connectivity index (χ2v) is 5.85. The number of nitrogens with zero attached hydrogens (tertiary/aromatic N) is 2. The summed E-state index contributed by atoms with van der Waals surface area (Å²) in [6.07, 6.45) is 3.42. The van der Waals surface area contributed by atoms with E-state index >= 15 is 0 Å². The summed E-state index contributed by atoms with van der Waals surface area (Å²) in [6.45, 7) is 0. The fourth-order valence-corrected chi connectivity index (χ4v) is 3.00. The Bertz CT molecular complexity index is 622. The molecule has 3 rings (SSSR count). The molecule has 1 aliphatic rings. The second-order valence-electron chi connectivity index (χ2n) is 5.00. The number of Topliss-reactive ketones (excluding diaryl/α,β-unsaturated/α-hetero) is 1. The smallest absolute Gasteiger partial charge is 0.192 e. The van der Waals surface area contributed by atoms with Gasteiger partial charge in [-0.1, -0.05) is 12.1 Å². The van der Waals surface area contributed by atoms with Crippen LogP contribution in [0.15, 0.2) is 34.9 Å². The van der Waals surface area contributed by atoms with Crippen molar-refractivity contribution in [2.24, 2.45) is 7.05 Å². The molecular weight excluding hydrogens is 306 g/mol. The predicted molar refractivity (Wildman–Crippen MR) is 77.0 cm³/mol. The summed E-state index contributed by atoms with van der Waals surface area (Å²) in [5.74, 6) is 0.129. The normalized spacial score (nSPS) is 16.3. The van der Waals surface area contributed by atoms with E-state index in [1.54, 1.807) is 17.9 Å². The lowest BCUT2D eigenvalue weighted by Crippen LogP contribution is -2.23. The Morgan fingerprint density at radius 1 is 1.37 bits per heavy atom. The van der Waals surface area contributed by atoms with Crippen LogP contribution in [0.5, 0.6) is 0 Å². The summed E-state index contributed by atoms with van der Waals surface area (Å²) in [7, 11) is 1.79. The van der Waals surface area contributed by atoms with Crippen molar-refractivity contribution in [3.05, 3.63) is 46.2 Å². The first-order valence-corrected chi connectivity index (χ1v) is 6.92. The number of nitrogens with two attached hydrogens (primary N) is 1. The van der Waals surface area contributed by atoms with Crippen LogP contribution >= 0.6 is 15.9 Å². The maximum Gasteiger partial charge on any atom is 0.192 e. The molecule has 1 saturated carbocycles. The quantitative estimate of drug-likeness (QED) is 0.699. The first-order chi connectivity index (χ1) is 9.04. The number of hydrogen-bond donors (Lipinski definition) is 1. The molecular formula is C14H14BrN3O. The van der Waals surface area contributed by atoms with Crippen molar-refractivity contribution in [1.82, 2.24) is 9.78 Å². The Labute approximate surface area is 119 Å². The molecule has 1 aromatic heterocycles. The Morgan fingerprint density at radius 3 is 2.47 bits per heavy atom. The van der Waals surface area contributed by atoms with E-state index in [0.717, 1.165) is 22.9 Å². The van der Waals surface area contributed by atoms with Gasteiger partial charge in [-0.25, -0.2) is 0 Å². The lowest BCUT2D eigenvalue weighted by Gasteiger charge is -2.15. The minimum Gasteiger partial charge on any atom is -0.399 e. The van der Waals surface area contributed by atoms with Gasteiger partial charge in [0.2, 0.25) is 0 Å². The monoisotopic (exact) mass is 319 g/mol. The maximum absolute atomic E-state index is 12.8. The van der Waals surface area contributed by atoms with E-state index in [2.05, 4.69) is 21.0 Å². The number of carbonyl (C=O) groups is 1. The summed E-state index contributed by atoms with van der Waals surface area (Å²) in [5, 5.41) is 4.12. The van der Waals surface area contributed by atoms with Gasteiger partial charge in [0.05, 0.1) is 16.1 Å². The SMILES string of the molecule is Cn1ncc(Br)c1C(=O)C1(c2ccc(N)cc2)CC1. The number of ketones is 1. The molecule has 0 saturated heterocycles. The summed E-state index contributed by atoms with van der Waals surface area (Å²) in [5.41, 5.74) is 7.71. The number of carbonyl (C=O) groups excluding carboxylic acids is 1. The van der Waals surface area contributed by atoms with Gasteiger partial charge in [-0.15, -0.1) is 0 Å². The Balaban J connectivity index is 2.02. The highest BCUT2D eigenvalue weighted by molar-refractivity contribution is 9.10. The molecule has 1 fully saturated rings. The summed E-state index contributed by atoms with van der Waals surface area (Å²) < 4.78 is 2.38. The van der Waals surface area contributed by atoms with Crippen molar-refractivity contribution in [2.75, 3.05) is 5.73 Å². The van der Waals surface area contributed by atoms with E-state index in [1.807, 2.05) is 24.3 Å². The highest BCUT2D eigenvalue weighted by atomic mass is 79.9. The maximum atomic E-state index is 12.8. The van der Waals surface area contributed by atoms with Gasteiger partial charge in [-0.3, -0.25) is 9.48 Å². The molecule has 0 radical (unpaired) electrons. The van der Waals surface area contributed by atoms with Crippen molar-refractivity contribution in [1.29, 1.82) is 0 Å². The molecule has 0 aliphatic heterocycles. The van der Waals surface area contributed by atoms with E-state index in [-0.39, 0.29) is 11.2 Å². The first kappa shape index (κ1) is 12.4. The molecule has 98 valence electrons. The Morgan fingerprint density at radius 2 is 2.00 bits per heavy atom. The summed E-state index contributed by atoms with van der Waals surface area (Å²) in [4.78, 5) is 12.8. The van der Waals surface area contributed by atoms with Gasteiger partial charge in [0.15, 0.2) is 5.78 Å². The average Bonchev–Trinajstić information content (AvgIpc) is 3.12. The highest BCUT2D eigenvalue weighted by Crippen LogP contribution is 2.51. The number of hydrogen-bond acceptors (Lipinski definition) is 3. The van der Waals surface area contributed by atoms with Crippen molar-refractivity contribution < 1.29 is 4.79 Å². The molecule has 1 aromatic carbocycles. The Kier molecular flexibility index (Phi) is 2.74. The molecule has 0 atom stereocenters. The third kappa shape index (κ3) is 1.89. The van der Waals surface area contributed by atoms with Gasteiger partial charge in [0, 0.05) is 12.7 Å². The van der Waals surface area contributed by atoms with Crippen LogP contribution in [0, 0.1) is 0 Å². The lowest BCUT2D eigenvalue weighted by atomic mass is 9.89. The van der Waals surface area contributed by atoms with Gasteiger partial charge >= 0.3 is 0 Å². The zero-order valence-electron chi connectivity index (χ0n) is 10.6. The molecule has 0 bridgehead atoms. The Hall–Kier alpha value is -1.62. The van der Waals surface area contributed by atoms with Crippen LogP contribution in [0.3, 0.4) is 0 Å². The number of anilines is 1. The standard InChI is InChI=1S/C14H14BrN3O/c1-18-12(11(15)8-17-18)13(19)14(6-7-14)9-2-4-10(16)5-3-9/h2-5,8H,6-7,16H2,1H3. The first-order valence-electron chi connectivity index (χ1n) is 6.13. The number of aryl methyl sites for hydroxylation is 1. The molecule has 0 spiro atoms. The second kappa shape index (κ2) is 4.20. The van der Waals surface area contributed by atoms with Crippen LogP contribution in [0.4, 0.5) is 5.69 Å². The molecule has 0 amide bonds. The van der Waals surface area contributed by atoms with Gasteiger partial charge in [0.1, 0.15) is 5.69 Å². The van der Waals surface area contributed by atoms with Crippen LogP contribution in [0.25, 0.3) is 0 Å². The zero-order chi connectivity index (χ0) is 13.6. The zero-order valence-corrected chi connectivity index (χ0v) is 12.1. The highest BCUT2D eigenvalue weighted by Gasteiger charge is 2.52. The van der Waals surface area contributed by atoms with E-state index in [9.17, 15) is 4.79 Å². The van der Waals surface area contributed by atoms with Crippen LogP contribution in [-0.2, 0) is 12.5 Å². The fourth-order valence-electron chi connectivity index (χ4n) is 2.47. The number of halogens is 1. The summed E-state index contributed by atoms with van der Waals surface area (Å²) in [6, 6.07) is 7.59. The molecule has 5 heteroatoms. The molecule has 4 nitrogen and oxygen atoms in total. The molecule has 0 unspecified atom stereocenters. The third-order valence-electron chi connectivity index (χ3n) is 3.76. The van der Waals surface area contributed by atoms with Crippen LogP contribution < -0.4 is 5.73 Å². The van der Waals surface area contributed by atoms with Crippen LogP contribution in [0.1, 0.15) is 28.9 Å². The van der Waals surface area contributed by atoms with Crippen molar-refractivity contribution in [3.8, 4) is 0 Å². The van der Waals surface area contributed by atoms with Gasteiger partial charge in [-0.2, -0.15) is 5.10 Å². The minimum absolute atomic E-state index is 0.129. The van der Waals surface area contributed by atoms with E-state index in [4.69, 9.17) is 5.73 Å². The molecule has 1 aliphatic carbocycles. The number of rotatable bonds is 3. The predicted octanol–water partition coefficient (Wildman–Crippen LogP) is 2.68. The third-order valence-corrected chi connectivity index (χ3v) is 4.34. The van der Waals surface area contributed by atoms with Gasteiger partial charge < -0.3 is 5.73 Å². The average molecular weight is 320 g/mol. The largest absolute Gasteiger partial charge is 0.399 e. The van der Waals surface area contributed by atoms with Gasteiger partial charge in [-0.05, 0) is 46.5 Å². The molecule has 2 aromatic rings. The van der Waals surface area contributed by atoms with E-state index in [1.165, 1.54) is 0 Å². The van der Waals surface area contributed by atoms with Crippen LogP contribution in [-0.4, -0.2) is 15.6 Å². The molecule has 2 N–H and O–H groups in total. The minimum atomic E-state index is -0.385. The lowest BCUT2D eigenvalue weighted by molar-refractivity contribution is 0.0936. The van der Waals surface area contributed by atoms with E-state index < -0.39 is 0 Å². The van der Waals surface area contributed by atoms with Gasteiger partial charge in [0.25, 0.3) is 0 Å². The van der Waals surface area contributed by atoms with Crippen molar-refractivity contribution in [3.63, 3.8) is 0 Å².